The zero-order valence-corrected chi connectivity index (χ0v) is 14.1. The van der Waals surface area contributed by atoms with Crippen molar-refractivity contribution in [3.63, 3.8) is 0 Å². The van der Waals surface area contributed by atoms with E-state index in [1.54, 1.807) is 10.9 Å². The van der Waals surface area contributed by atoms with Crippen LogP contribution < -0.4 is 5.32 Å². The maximum Gasteiger partial charge on any atom is 0.130 e. The van der Waals surface area contributed by atoms with Crippen molar-refractivity contribution in [2.45, 2.75) is 19.5 Å². The van der Waals surface area contributed by atoms with Gasteiger partial charge in [0.05, 0.1) is 17.4 Å². The molecule has 3 aromatic rings. The predicted octanol–water partition coefficient (Wildman–Crippen LogP) is 2.39. The molecule has 0 spiro atoms. The van der Waals surface area contributed by atoms with Crippen LogP contribution in [0.15, 0.2) is 36.7 Å². The number of hydrogen-bond donors (Lipinski definition) is 1. The lowest BCUT2D eigenvalue weighted by molar-refractivity contribution is 0.535. The topological polar surface area (TPSA) is 60.6 Å². The van der Waals surface area contributed by atoms with E-state index in [-0.39, 0.29) is 6.04 Å². The molecule has 0 saturated carbocycles. The minimum atomic E-state index is -0.0402. The Morgan fingerprint density at radius 3 is 2.52 bits per heavy atom. The number of imidazole rings is 1. The SMILES string of the molecule is Cc1nnn(C)c1CNC(c1ccc(Cl)cc1)c1nccn1C. The highest BCUT2D eigenvalue weighted by Gasteiger charge is 2.19. The third-order valence-electron chi connectivity index (χ3n) is 3.93. The maximum absolute atomic E-state index is 6.01. The number of hydrogen-bond acceptors (Lipinski definition) is 4. The van der Waals surface area contributed by atoms with Crippen LogP contribution in [-0.4, -0.2) is 24.5 Å². The van der Waals surface area contributed by atoms with Gasteiger partial charge in [0.1, 0.15) is 5.82 Å². The Kier molecular flexibility index (Phi) is 4.45. The molecule has 0 saturated heterocycles. The first-order valence-corrected chi connectivity index (χ1v) is 7.75. The molecule has 7 heteroatoms. The summed E-state index contributed by atoms with van der Waals surface area (Å²) in [7, 11) is 3.89. The van der Waals surface area contributed by atoms with Crippen LogP contribution in [0.3, 0.4) is 0 Å². The number of halogens is 1. The first-order chi connectivity index (χ1) is 11.1. The molecule has 2 heterocycles. The zero-order valence-electron chi connectivity index (χ0n) is 13.4. The average Bonchev–Trinajstić information content (AvgIpc) is 3.09. The van der Waals surface area contributed by atoms with E-state index in [2.05, 4.69) is 20.6 Å². The molecule has 0 aliphatic carbocycles. The minimum Gasteiger partial charge on any atom is -0.336 e. The first kappa shape index (κ1) is 15.7. The highest BCUT2D eigenvalue weighted by molar-refractivity contribution is 6.30. The Hall–Kier alpha value is -2.18. The Labute approximate surface area is 140 Å². The molecule has 1 atom stereocenters. The van der Waals surface area contributed by atoms with Crippen LogP contribution >= 0.6 is 11.6 Å². The van der Waals surface area contributed by atoms with Crippen LogP contribution in [0.4, 0.5) is 0 Å². The van der Waals surface area contributed by atoms with Crippen molar-refractivity contribution in [1.29, 1.82) is 0 Å². The smallest absolute Gasteiger partial charge is 0.130 e. The monoisotopic (exact) mass is 330 g/mol. The highest BCUT2D eigenvalue weighted by Crippen LogP contribution is 2.23. The van der Waals surface area contributed by atoms with Crippen molar-refractivity contribution in [2.24, 2.45) is 14.1 Å². The van der Waals surface area contributed by atoms with Gasteiger partial charge in [0.25, 0.3) is 0 Å². The normalized spacial score (nSPS) is 12.5. The summed E-state index contributed by atoms with van der Waals surface area (Å²) in [6.07, 6.45) is 3.74. The third kappa shape index (κ3) is 3.28. The van der Waals surface area contributed by atoms with Crippen LogP contribution in [0.25, 0.3) is 0 Å². The van der Waals surface area contributed by atoms with Gasteiger partial charge in [-0.2, -0.15) is 0 Å². The van der Waals surface area contributed by atoms with Crippen LogP contribution in [0.1, 0.15) is 28.8 Å². The standard InChI is InChI=1S/C16H19ClN6/c1-11-14(23(3)21-20-11)10-19-15(16-18-8-9-22(16)2)12-4-6-13(17)7-5-12/h4-9,15,19H,10H2,1-3H3. The van der Waals surface area contributed by atoms with E-state index in [4.69, 9.17) is 11.6 Å². The minimum absolute atomic E-state index is 0.0402. The highest BCUT2D eigenvalue weighted by atomic mass is 35.5. The number of benzene rings is 1. The van der Waals surface area contributed by atoms with Gasteiger partial charge in [-0.05, 0) is 24.6 Å². The van der Waals surface area contributed by atoms with Gasteiger partial charge in [-0.15, -0.1) is 5.10 Å². The molecular weight excluding hydrogens is 312 g/mol. The molecule has 0 fully saturated rings. The van der Waals surface area contributed by atoms with Gasteiger partial charge in [-0.25, -0.2) is 4.98 Å². The van der Waals surface area contributed by atoms with Crippen LogP contribution in [0.2, 0.25) is 5.02 Å². The van der Waals surface area contributed by atoms with Gasteiger partial charge in [-0.1, -0.05) is 28.9 Å². The molecule has 0 radical (unpaired) electrons. The molecular formula is C16H19ClN6. The van der Waals surface area contributed by atoms with Crippen molar-refractivity contribution in [3.8, 4) is 0 Å². The largest absolute Gasteiger partial charge is 0.336 e. The van der Waals surface area contributed by atoms with Gasteiger partial charge in [-0.3, -0.25) is 10.00 Å². The van der Waals surface area contributed by atoms with Gasteiger partial charge in [0.15, 0.2) is 0 Å². The summed E-state index contributed by atoms with van der Waals surface area (Å²) in [6, 6.07) is 7.78. The maximum atomic E-state index is 6.01. The van der Waals surface area contributed by atoms with Gasteiger partial charge in [0, 0.05) is 38.1 Å². The Balaban J connectivity index is 1.90. The zero-order chi connectivity index (χ0) is 16.4. The number of nitrogens with one attached hydrogen (secondary N) is 1. The molecule has 3 rings (SSSR count). The molecule has 0 aliphatic rings. The Morgan fingerprint density at radius 2 is 1.96 bits per heavy atom. The molecule has 23 heavy (non-hydrogen) atoms. The first-order valence-electron chi connectivity index (χ1n) is 7.37. The van der Waals surface area contributed by atoms with Crippen molar-refractivity contribution in [2.75, 3.05) is 0 Å². The fourth-order valence-electron chi connectivity index (χ4n) is 2.59. The van der Waals surface area contributed by atoms with Gasteiger partial charge < -0.3 is 4.57 Å². The van der Waals surface area contributed by atoms with E-state index < -0.39 is 0 Å². The summed E-state index contributed by atoms with van der Waals surface area (Å²) in [5.74, 6) is 0.945. The summed E-state index contributed by atoms with van der Waals surface area (Å²) in [5, 5.41) is 12.4. The van der Waals surface area contributed by atoms with E-state index in [1.807, 2.05) is 56.0 Å². The fraction of sp³-hybridized carbons (Fsp3) is 0.312. The molecule has 0 bridgehead atoms. The van der Waals surface area contributed by atoms with E-state index in [0.29, 0.717) is 6.54 Å². The van der Waals surface area contributed by atoms with Crippen molar-refractivity contribution >= 4 is 11.6 Å². The molecule has 1 N–H and O–H groups in total. The van der Waals surface area contributed by atoms with E-state index in [9.17, 15) is 0 Å². The van der Waals surface area contributed by atoms with Crippen molar-refractivity contribution in [3.05, 3.63) is 64.5 Å². The van der Waals surface area contributed by atoms with Crippen LogP contribution in [0.5, 0.6) is 0 Å². The Morgan fingerprint density at radius 1 is 1.22 bits per heavy atom. The average molecular weight is 331 g/mol. The number of nitrogens with zero attached hydrogens (tertiary/aromatic N) is 5. The molecule has 0 aliphatic heterocycles. The summed E-state index contributed by atoms with van der Waals surface area (Å²) in [5.41, 5.74) is 3.09. The fourth-order valence-corrected chi connectivity index (χ4v) is 2.72. The lowest BCUT2D eigenvalue weighted by Crippen LogP contribution is -2.26. The van der Waals surface area contributed by atoms with Crippen LogP contribution in [0, 0.1) is 6.92 Å². The van der Waals surface area contributed by atoms with E-state index >= 15 is 0 Å². The summed E-state index contributed by atoms with van der Waals surface area (Å²) in [4.78, 5) is 4.49. The Bertz CT molecular complexity index is 770. The molecule has 1 aromatic carbocycles. The number of rotatable bonds is 5. The second kappa shape index (κ2) is 6.52. The number of aromatic nitrogens is 5. The van der Waals surface area contributed by atoms with Crippen LogP contribution in [-0.2, 0) is 20.6 Å². The van der Waals surface area contributed by atoms with E-state index in [0.717, 1.165) is 27.8 Å². The van der Waals surface area contributed by atoms with E-state index in [1.165, 1.54) is 0 Å². The summed E-state index contributed by atoms with van der Waals surface area (Å²) >= 11 is 6.01. The summed E-state index contributed by atoms with van der Waals surface area (Å²) < 4.78 is 3.81. The molecule has 2 aromatic heterocycles. The molecule has 6 nitrogen and oxygen atoms in total. The van der Waals surface area contributed by atoms with Crippen molar-refractivity contribution in [1.82, 2.24) is 29.9 Å². The second-order valence-electron chi connectivity index (χ2n) is 5.51. The second-order valence-corrected chi connectivity index (χ2v) is 5.94. The quantitative estimate of drug-likeness (QED) is 0.780. The molecule has 120 valence electrons. The van der Waals surface area contributed by atoms with Gasteiger partial charge in [0.2, 0.25) is 0 Å². The lowest BCUT2D eigenvalue weighted by Gasteiger charge is -2.19. The predicted molar refractivity (Wildman–Crippen MR) is 89.1 cm³/mol. The molecule has 1 unspecified atom stereocenters. The van der Waals surface area contributed by atoms with Crippen molar-refractivity contribution < 1.29 is 0 Å². The lowest BCUT2D eigenvalue weighted by atomic mass is 10.1. The number of aryl methyl sites for hydroxylation is 3. The van der Waals surface area contributed by atoms with Gasteiger partial charge >= 0.3 is 0 Å². The third-order valence-corrected chi connectivity index (χ3v) is 4.18. The summed E-state index contributed by atoms with van der Waals surface area (Å²) in [6.45, 7) is 2.61. The molecule has 0 amide bonds.